The molecule has 174 valence electrons. The molecule has 1 fully saturated rings. The Morgan fingerprint density at radius 1 is 1.17 bits per heavy atom. The molecule has 0 amide bonds. The van der Waals surface area contributed by atoms with E-state index < -0.39 is 22.9 Å². The number of methoxy groups -OCH3 is 1. The Morgan fingerprint density at radius 3 is 2.43 bits per heavy atom. The maximum Gasteiger partial charge on any atom is 0.305 e. The van der Waals surface area contributed by atoms with Crippen molar-refractivity contribution in [2.75, 3.05) is 7.11 Å². The number of unbranched alkanes of at least 4 members (excludes halogenated alkanes) is 6. The minimum absolute atomic E-state index is 0.0648. The van der Waals surface area contributed by atoms with E-state index in [2.05, 4.69) is 11.7 Å². The van der Waals surface area contributed by atoms with Crippen molar-refractivity contribution in [1.29, 1.82) is 0 Å². The molecular weight excluding hydrogens is 384 g/mol. The van der Waals surface area contributed by atoms with E-state index in [1.165, 1.54) is 13.2 Å². The molecule has 1 saturated carbocycles. The molecule has 6 nitrogen and oxygen atoms in total. The number of esters is 1. The van der Waals surface area contributed by atoms with Gasteiger partial charge in [-0.2, -0.15) is 0 Å². The molecule has 0 heterocycles. The summed E-state index contributed by atoms with van der Waals surface area (Å²) in [5, 5.41) is 31.7. The maximum atomic E-state index is 12.6. The third-order valence-electron chi connectivity index (χ3n) is 6.53. The summed E-state index contributed by atoms with van der Waals surface area (Å²) in [6, 6.07) is 0. The number of hydrogen-bond donors (Lipinski definition) is 3. The van der Waals surface area contributed by atoms with E-state index in [9.17, 15) is 24.9 Å². The molecule has 30 heavy (non-hydrogen) atoms. The summed E-state index contributed by atoms with van der Waals surface area (Å²) in [5.74, 6) is -3.47. The normalized spacial score (nSPS) is 21.1. The number of carbonyl (C=O) groups is 2. The first-order valence-corrected chi connectivity index (χ1v) is 11.7. The van der Waals surface area contributed by atoms with E-state index in [0.717, 1.165) is 57.8 Å². The fraction of sp³-hybridized carbons (Fsp3) is 0.833. The van der Waals surface area contributed by atoms with E-state index in [4.69, 9.17) is 0 Å². The number of ketones is 1. The van der Waals surface area contributed by atoms with Crippen LogP contribution in [0.2, 0.25) is 0 Å². The zero-order chi connectivity index (χ0) is 22.6. The monoisotopic (exact) mass is 426 g/mol. The van der Waals surface area contributed by atoms with Crippen LogP contribution in [0.1, 0.15) is 104 Å². The summed E-state index contributed by atoms with van der Waals surface area (Å²) in [4.78, 5) is 23.8. The Labute approximate surface area is 181 Å². The number of ether oxygens (including phenoxy) is 1. The van der Waals surface area contributed by atoms with Crippen molar-refractivity contribution in [3.05, 3.63) is 11.8 Å². The minimum Gasteiger partial charge on any atom is -0.507 e. The molecule has 0 bridgehead atoms. The summed E-state index contributed by atoms with van der Waals surface area (Å²) in [6.45, 7) is 3.85. The highest BCUT2D eigenvalue weighted by Crippen LogP contribution is 2.43. The highest BCUT2D eigenvalue weighted by molar-refractivity contribution is 5.88. The van der Waals surface area contributed by atoms with Gasteiger partial charge >= 0.3 is 5.97 Å². The largest absolute Gasteiger partial charge is 0.507 e. The highest BCUT2D eigenvalue weighted by atomic mass is 16.5. The van der Waals surface area contributed by atoms with Gasteiger partial charge in [-0.3, -0.25) is 9.59 Å². The van der Waals surface area contributed by atoms with Crippen molar-refractivity contribution in [1.82, 2.24) is 0 Å². The zero-order valence-corrected chi connectivity index (χ0v) is 19.1. The molecule has 3 N–H and O–H groups in total. The van der Waals surface area contributed by atoms with Crippen LogP contribution in [0.3, 0.4) is 0 Å². The van der Waals surface area contributed by atoms with Gasteiger partial charge in [0.25, 0.3) is 0 Å². The second kappa shape index (κ2) is 13.1. The van der Waals surface area contributed by atoms with Crippen LogP contribution in [0.25, 0.3) is 0 Å². The van der Waals surface area contributed by atoms with Crippen LogP contribution in [-0.4, -0.2) is 40.0 Å². The van der Waals surface area contributed by atoms with Gasteiger partial charge in [-0.15, -0.1) is 0 Å². The van der Waals surface area contributed by atoms with Crippen molar-refractivity contribution >= 4 is 11.8 Å². The van der Waals surface area contributed by atoms with E-state index in [1.807, 2.05) is 0 Å². The van der Waals surface area contributed by atoms with Crippen LogP contribution >= 0.6 is 0 Å². The average molecular weight is 427 g/mol. The second-order valence-electron chi connectivity index (χ2n) is 8.93. The maximum absolute atomic E-state index is 12.6. The standard InChI is InChI=1S/C24H42O6/c1-4-5-6-9-13-19(2)24(28,29)21(26)18-23(17-12-14-20(23)25)16-11-8-7-10-15-22(27)30-3/h18-19,26,28-29H,4-17H2,1-3H3. The van der Waals surface area contributed by atoms with Crippen LogP contribution in [0, 0.1) is 11.3 Å². The summed E-state index contributed by atoms with van der Waals surface area (Å²) < 4.78 is 4.63. The average Bonchev–Trinajstić information content (AvgIpc) is 3.07. The van der Waals surface area contributed by atoms with Crippen LogP contribution in [0.5, 0.6) is 0 Å². The molecule has 1 rings (SSSR count). The van der Waals surface area contributed by atoms with Gasteiger partial charge in [-0.05, 0) is 38.2 Å². The van der Waals surface area contributed by atoms with Gasteiger partial charge in [0, 0.05) is 18.8 Å². The molecule has 0 aliphatic heterocycles. The first-order chi connectivity index (χ1) is 14.2. The predicted octanol–water partition coefficient (Wildman–Crippen LogP) is 4.97. The van der Waals surface area contributed by atoms with E-state index >= 15 is 0 Å². The number of rotatable bonds is 15. The summed E-state index contributed by atoms with van der Waals surface area (Å²) in [6.07, 6.45) is 12.2. The molecule has 0 aromatic rings. The molecular formula is C24H42O6. The summed E-state index contributed by atoms with van der Waals surface area (Å²) >= 11 is 0. The fourth-order valence-corrected chi connectivity index (χ4v) is 4.31. The van der Waals surface area contributed by atoms with Crippen molar-refractivity contribution in [3.8, 4) is 0 Å². The molecule has 0 saturated heterocycles. The summed E-state index contributed by atoms with van der Waals surface area (Å²) in [5.41, 5.74) is -0.814. The van der Waals surface area contributed by atoms with Gasteiger partial charge in [0.05, 0.1) is 12.5 Å². The van der Waals surface area contributed by atoms with Crippen molar-refractivity contribution in [2.45, 2.75) is 110 Å². The van der Waals surface area contributed by atoms with E-state index in [-0.39, 0.29) is 11.8 Å². The topological polar surface area (TPSA) is 104 Å². The lowest BCUT2D eigenvalue weighted by molar-refractivity contribution is -0.188. The fourth-order valence-electron chi connectivity index (χ4n) is 4.31. The number of Topliss-reactive ketones (excluding diaryl/α,β-unsaturated/α-hetero) is 1. The third-order valence-corrected chi connectivity index (χ3v) is 6.53. The molecule has 2 atom stereocenters. The molecule has 6 heteroatoms. The van der Waals surface area contributed by atoms with Crippen LogP contribution in [-0.2, 0) is 14.3 Å². The van der Waals surface area contributed by atoms with Gasteiger partial charge in [0.15, 0.2) is 0 Å². The van der Waals surface area contributed by atoms with Crippen LogP contribution in [0.4, 0.5) is 0 Å². The van der Waals surface area contributed by atoms with Gasteiger partial charge in [-0.1, -0.05) is 58.8 Å². The number of aliphatic hydroxyl groups is 3. The number of aliphatic hydroxyl groups excluding tert-OH is 1. The summed E-state index contributed by atoms with van der Waals surface area (Å²) in [7, 11) is 1.38. The van der Waals surface area contributed by atoms with Gasteiger partial charge in [-0.25, -0.2) is 0 Å². The lowest BCUT2D eigenvalue weighted by Crippen LogP contribution is -2.40. The third kappa shape index (κ3) is 8.03. The number of allylic oxidation sites excluding steroid dienone is 1. The SMILES string of the molecule is CCCCCCC(C)C(O)(O)C(O)=CC1(CCCCCCC(=O)OC)CCCC1=O. The minimum atomic E-state index is -2.32. The Bertz CT molecular complexity index is 568. The van der Waals surface area contributed by atoms with Crippen molar-refractivity contribution < 1.29 is 29.6 Å². The molecule has 1 aliphatic rings. The van der Waals surface area contributed by atoms with Gasteiger partial charge < -0.3 is 20.1 Å². The highest BCUT2D eigenvalue weighted by Gasteiger charge is 2.43. The Balaban J connectivity index is 2.69. The molecule has 0 aromatic carbocycles. The lowest BCUT2D eigenvalue weighted by atomic mass is 9.78. The van der Waals surface area contributed by atoms with Crippen molar-refractivity contribution in [3.63, 3.8) is 0 Å². The van der Waals surface area contributed by atoms with Gasteiger partial charge in [0.1, 0.15) is 11.5 Å². The second-order valence-corrected chi connectivity index (χ2v) is 8.93. The van der Waals surface area contributed by atoms with Gasteiger partial charge in [0.2, 0.25) is 5.79 Å². The zero-order valence-electron chi connectivity index (χ0n) is 19.1. The first kappa shape index (κ1) is 26.6. The molecule has 0 spiro atoms. The molecule has 0 aromatic heterocycles. The van der Waals surface area contributed by atoms with Crippen LogP contribution < -0.4 is 0 Å². The first-order valence-electron chi connectivity index (χ1n) is 11.7. The lowest BCUT2D eigenvalue weighted by Gasteiger charge is -2.31. The molecule has 1 aliphatic carbocycles. The van der Waals surface area contributed by atoms with Crippen LogP contribution in [0.15, 0.2) is 11.8 Å². The number of hydrogen-bond acceptors (Lipinski definition) is 6. The van der Waals surface area contributed by atoms with E-state index in [0.29, 0.717) is 32.1 Å². The predicted molar refractivity (Wildman–Crippen MR) is 117 cm³/mol. The van der Waals surface area contributed by atoms with E-state index in [1.54, 1.807) is 6.92 Å². The number of carbonyl (C=O) groups excluding carboxylic acids is 2. The quantitative estimate of drug-likeness (QED) is 0.148. The Morgan fingerprint density at radius 2 is 1.83 bits per heavy atom. The molecule has 0 radical (unpaired) electrons. The van der Waals surface area contributed by atoms with Crippen molar-refractivity contribution in [2.24, 2.45) is 11.3 Å². The Hall–Kier alpha value is -1.40. The Kier molecular flexibility index (Phi) is 11.6. The smallest absolute Gasteiger partial charge is 0.305 e. The molecule has 2 unspecified atom stereocenters.